The van der Waals surface area contributed by atoms with Gasteiger partial charge in [0.05, 0.1) is 0 Å². The van der Waals surface area contributed by atoms with E-state index in [1.54, 1.807) is 0 Å². The maximum atomic E-state index is 11.6. The van der Waals surface area contributed by atoms with Gasteiger partial charge >= 0.3 is 11.9 Å². The highest BCUT2D eigenvalue weighted by Gasteiger charge is 2.34. The minimum absolute atomic E-state index is 0.205. The van der Waals surface area contributed by atoms with E-state index in [9.17, 15) is 19.5 Å². The molecule has 1 aromatic rings. The molecule has 21 heavy (non-hydrogen) atoms. The minimum Gasteiger partial charge on any atom is -0.506 e. The van der Waals surface area contributed by atoms with Crippen molar-refractivity contribution in [1.29, 1.82) is 0 Å². The molecule has 0 amide bonds. The van der Waals surface area contributed by atoms with Crippen LogP contribution < -0.4 is 5.32 Å². The Labute approximate surface area is 120 Å². The molecular formula is C15H13NO5. The summed E-state index contributed by atoms with van der Waals surface area (Å²) in [6.45, 7) is 1.33. The van der Waals surface area contributed by atoms with E-state index in [2.05, 4.69) is 10.1 Å². The number of hydrogen-bond donors (Lipinski definition) is 2. The molecule has 1 aliphatic heterocycles. The van der Waals surface area contributed by atoms with Gasteiger partial charge in [-0.2, -0.15) is 0 Å². The van der Waals surface area contributed by atoms with Crippen molar-refractivity contribution in [1.82, 2.24) is 0 Å². The van der Waals surface area contributed by atoms with Crippen LogP contribution in [-0.4, -0.2) is 29.4 Å². The highest BCUT2D eigenvalue weighted by molar-refractivity contribution is 6.23. The highest BCUT2D eigenvalue weighted by Crippen LogP contribution is 2.22. The van der Waals surface area contributed by atoms with Crippen LogP contribution in [0.3, 0.4) is 0 Å². The SMILES string of the molecule is CC(=O)C1=C(O)/C(=C\CNc2ccccc2)C(=O)OC1=O. The van der Waals surface area contributed by atoms with Crippen molar-refractivity contribution in [2.75, 3.05) is 11.9 Å². The molecule has 1 aromatic carbocycles. The Balaban J connectivity index is 2.21. The molecule has 6 heteroatoms. The van der Waals surface area contributed by atoms with Gasteiger partial charge in [-0.05, 0) is 25.1 Å². The van der Waals surface area contributed by atoms with Crippen molar-refractivity contribution in [3.8, 4) is 0 Å². The summed E-state index contributed by atoms with van der Waals surface area (Å²) >= 11 is 0. The lowest BCUT2D eigenvalue weighted by atomic mass is 10.0. The third kappa shape index (κ3) is 3.17. The molecule has 0 radical (unpaired) electrons. The summed E-state index contributed by atoms with van der Waals surface area (Å²) in [7, 11) is 0. The van der Waals surface area contributed by atoms with Crippen LogP contribution in [-0.2, 0) is 19.1 Å². The summed E-state index contributed by atoms with van der Waals surface area (Å²) in [4.78, 5) is 34.2. The van der Waals surface area contributed by atoms with Crippen molar-refractivity contribution in [3.05, 3.63) is 53.3 Å². The average molecular weight is 287 g/mol. The van der Waals surface area contributed by atoms with Crippen LogP contribution in [0.2, 0.25) is 0 Å². The Bertz CT molecular complexity index is 658. The lowest BCUT2D eigenvalue weighted by molar-refractivity contribution is -0.155. The van der Waals surface area contributed by atoms with Crippen LogP contribution >= 0.6 is 0 Å². The van der Waals surface area contributed by atoms with Gasteiger partial charge in [0, 0.05) is 12.2 Å². The van der Waals surface area contributed by atoms with Gasteiger partial charge in [-0.25, -0.2) is 9.59 Å². The number of hydrogen-bond acceptors (Lipinski definition) is 6. The normalized spacial score (nSPS) is 16.9. The molecule has 1 aliphatic rings. The number of carbonyl (C=O) groups excluding carboxylic acids is 3. The van der Waals surface area contributed by atoms with Crippen LogP contribution in [0.15, 0.2) is 53.3 Å². The van der Waals surface area contributed by atoms with Crippen molar-refractivity contribution < 1.29 is 24.2 Å². The molecule has 0 aromatic heterocycles. The Hall–Kier alpha value is -2.89. The van der Waals surface area contributed by atoms with Crippen LogP contribution in [0.1, 0.15) is 6.92 Å². The first-order chi connectivity index (χ1) is 10.0. The predicted octanol–water partition coefficient (Wildman–Crippen LogP) is 1.51. The second-order valence-electron chi connectivity index (χ2n) is 4.32. The Morgan fingerprint density at radius 3 is 2.52 bits per heavy atom. The molecule has 0 unspecified atom stereocenters. The summed E-state index contributed by atoms with van der Waals surface area (Å²) in [6.07, 6.45) is 1.36. The predicted molar refractivity (Wildman–Crippen MR) is 74.4 cm³/mol. The Morgan fingerprint density at radius 2 is 1.90 bits per heavy atom. The van der Waals surface area contributed by atoms with Gasteiger partial charge in [0.1, 0.15) is 16.9 Å². The first-order valence-corrected chi connectivity index (χ1v) is 6.21. The van der Waals surface area contributed by atoms with E-state index in [4.69, 9.17) is 0 Å². The number of para-hydroxylation sites is 1. The van der Waals surface area contributed by atoms with Gasteiger partial charge in [-0.15, -0.1) is 0 Å². The fraction of sp³-hybridized carbons (Fsp3) is 0.133. The Morgan fingerprint density at radius 1 is 1.24 bits per heavy atom. The highest BCUT2D eigenvalue weighted by atomic mass is 16.6. The van der Waals surface area contributed by atoms with Crippen LogP contribution in [0, 0.1) is 0 Å². The number of ketones is 1. The number of benzene rings is 1. The van der Waals surface area contributed by atoms with E-state index in [1.807, 2.05) is 30.3 Å². The Kier molecular flexibility index (Phi) is 4.18. The molecule has 2 N–H and O–H groups in total. The third-order valence-corrected chi connectivity index (χ3v) is 2.84. The molecule has 0 bridgehead atoms. The number of carbonyl (C=O) groups is 3. The molecular weight excluding hydrogens is 274 g/mol. The minimum atomic E-state index is -1.13. The second-order valence-corrected chi connectivity index (χ2v) is 4.32. The maximum Gasteiger partial charge on any atom is 0.353 e. The van der Waals surface area contributed by atoms with Crippen LogP contribution in [0.4, 0.5) is 5.69 Å². The van der Waals surface area contributed by atoms with E-state index in [0.717, 1.165) is 12.6 Å². The molecule has 2 rings (SSSR count). The summed E-state index contributed by atoms with van der Waals surface area (Å²) in [5, 5.41) is 12.9. The van der Waals surface area contributed by atoms with E-state index < -0.39 is 29.1 Å². The standard InChI is InChI=1S/C15H13NO5/c1-9(17)12-13(18)11(14(19)21-15(12)20)7-8-16-10-5-3-2-4-6-10/h2-7,16,18H,8H2,1H3/b11-7+. The van der Waals surface area contributed by atoms with E-state index >= 15 is 0 Å². The maximum absolute atomic E-state index is 11.6. The van der Waals surface area contributed by atoms with Gasteiger partial charge in [-0.3, -0.25) is 4.79 Å². The van der Waals surface area contributed by atoms with Gasteiger partial charge in [-0.1, -0.05) is 18.2 Å². The van der Waals surface area contributed by atoms with Crippen LogP contribution in [0.25, 0.3) is 0 Å². The molecule has 0 fully saturated rings. The van der Waals surface area contributed by atoms with Crippen molar-refractivity contribution >= 4 is 23.4 Å². The number of Topliss-reactive ketones (excluding diaryl/α,β-unsaturated/α-hetero) is 1. The van der Waals surface area contributed by atoms with E-state index in [-0.39, 0.29) is 12.1 Å². The third-order valence-electron chi connectivity index (χ3n) is 2.84. The lowest BCUT2D eigenvalue weighted by Crippen LogP contribution is -2.28. The molecule has 108 valence electrons. The van der Waals surface area contributed by atoms with Crippen molar-refractivity contribution in [2.45, 2.75) is 6.92 Å². The van der Waals surface area contributed by atoms with Gasteiger partial charge < -0.3 is 15.2 Å². The molecule has 0 atom stereocenters. The van der Waals surface area contributed by atoms with Gasteiger partial charge in [0.25, 0.3) is 0 Å². The number of cyclic esters (lactones) is 2. The molecule has 1 heterocycles. The second kappa shape index (κ2) is 6.04. The smallest absolute Gasteiger partial charge is 0.353 e. The van der Waals surface area contributed by atoms with Crippen molar-refractivity contribution in [2.24, 2.45) is 0 Å². The fourth-order valence-corrected chi connectivity index (χ4v) is 1.84. The summed E-state index contributed by atoms with van der Waals surface area (Å²) < 4.78 is 4.43. The zero-order valence-electron chi connectivity index (χ0n) is 11.3. The van der Waals surface area contributed by atoms with E-state index in [0.29, 0.717) is 0 Å². The molecule has 0 saturated heterocycles. The monoisotopic (exact) mass is 287 g/mol. The summed E-state index contributed by atoms with van der Waals surface area (Å²) in [5.41, 5.74) is 0.105. The molecule has 0 spiro atoms. The number of rotatable bonds is 4. The molecule has 6 nitrogen and oxygen atoms in total. The first kappa shape index (κ1) is 14.5. The first-order valence-electron chi connectivity index (χ1n) is 6.21. The lowest BCUT2D eigenvalue weighted by Gasteiger charge is -2.15. The molecule has 0 aliphatic carbocycles. The number of aliphatic hydroxyl groups excluding tert-OH is 1. The van der Waals surface area contributed by atoms with E-state index in [1.165, 1.54) is 6.08 Å². The number of anilines is 1. The summed E-state index contributed by atoms with van der Waals surface area (Å²) in [5.74, 6) is -3.40. The number of esters is 2. The number of aliphatic hydroxyl groups is 1. The topological polar surface area (TPSA) is 92.7 Å². The fourth-order valence-electron chi connectivity index (χ4n) is 1.84. The molecule has 0 saturated carbocycles. The largest absolute Gasteiger partial charge is 0.506 e. The number of ether oxygens (including phenoxy) is 1. The van der Waals surface area contributed by atoms with Gasteiger partial charge in [0.15, 0.2) is 5.78 Å². The number of nitrogens with one attached hydrogen (secondary N) is 1. The average Bonchev–Trinajstić information content (AvgIpc) is 2.42. The zero-order valence-corrected chi connectivity index (χ0v) is 11.3. The van der Waals surface area contributed by atoms with Gasteiger partial charge in [0.2, 0.25) is 0 Å². The zero-order chi connectivity index (χ0) is 15.4. The van der Waals surface area contributed by atoms with Crippen LogP contribution in [0.5, 0.6) is 0 Å². The quantitative estimate of drug-likeness (QED) is 0.377. The summed E-state index contributed by atoms with van der Waals surface area (Å²) in [6, 6.07) is 9.21. The van der Waals surface area contributed by atoms with Crippen molar-refractivity contribution in [3.63, 3.8) is 0 Å².